The summed E-state index contributed by atoms with van der Waals surface area (Å²) in [7, 11) is 0. The van der Waals surface area contributed by atoms with E-state index in [4.69, 9.17) is 10.7 Å². The predicted octanol–water partition coefficient (Wildman–Crippen LogP) is 2.10. The van der Waals surface area contributed by atoms with Crippen molar-refractivity contribution in [2.75, 3.05) is 18.4 Å². The predicted molar refractivity (Wildman–Crippen MR) is 78.7 cm³/mol. The molecule has 0 saturated heterocycles. The normalized spacial score (nSPS) is 14.2. The summed E-state index contributed by atoms with van der Waals surface area (Å²) in [5, 5.41) is 12.7. The minimum absolute atomic E-state index is 0.252. The van der Waals surface area contributed by atoms with E-state index in [1.54, 1.807) is 12.1 Å². The molecule has 1 aromatic heterocycles. The number of anilines is 1. The van der Waals surface area contributed by atoms with Crippen LogP contribution in [-0.4, -0.2) is 28.2 Å². The van der Waals surface area contributed by atoms with Gasteiger partial charge in [-0.3, -0.25) is 0 Å². The molecule has 1 heterocycles. The average molecular weight is 270 g/mol. The second-order valence-corrected chi connectivity index (χ2v) is 5.03. The van der Waals surface area contributed by atoms with E-state index in [0.29, 0.717) is 19.0 Å². The molecule has 1 aliphatic rings. The highest BCUT2D eigenvalue weighted by molar-refractivity contribution is 5.74. The number of phenolic OH excluding ortho intramolecular Hbond substituents is 1. The number of hydrogen-bond donors (Lipinski definition) is 3. The standard InChI is InChI=1S/C15H18N4O/c16-7-8-17-13-9-18-15(11-1-2-11)19-14(13)10-3-5-12(20)6-4-10/h3-6,9,11,17,20H,1-2,7-8,16H2. The fraction of sp³-hybridized carbons (Fsp3) is 0.333. The number of nitrogens with two attached hydrogens (primary N) is 1. The van der Waals surface area contributed by atoms with Crippen LogP contribution in [0.4, 0.5) is 5.69 Å². The van der Waals surface area contributed by atoms with Gasteiger partial charge in [0.15, 0.2) is 0 Å². The monoisotopic (exact) mass is 270 g/mol. The highest BCUT2D eigenvalue weighted by Gasteiger charge is 2.27. The van der Waals surface area contributed by atoms with Crippen molar-refractivity contribution >= 4 is 5.69 Å². The molecule has 0 atom stereocenters. The van der Waals surface area contributed by atoms with E-state index in [0.717, 1.165) is 22.8 Å². The summed E-state index contributed by atoms with van der Waals surface area (Å²) in [6, 6.07) is 7.06. The number of nitrogens with one attached hydrogen (secondary N) is 1. The van der Waals surface area contributed by atoms with Gasteiger partial charge in [-0.2, -0.15) is 0 Å². The molecule has 0 radical (unpaired) electrons. The first-order valence-corrected chi connectivity index (χ1v) is 6.88. The first-order valence-electron chi connectivity index (χ1n) is 6.88. The van der Waals surface area contributed by atoms with Crippen LogP contribution >= 0.6 is 0 Å². The molecule has 0 bridgehead atoms. The van der Waals surface area contributed by atoms with Crippen molar-refractivity contribution in [3.8, 4) is 17.0 Å². The lowest BCUT2D eigenvalue weighted by Gasteiger charge is -2.12. The van der Waals surface area contributed by atoms with Crippen molar-refractivity contribution in [2.24, 2.45) is 5.73 Å². The minimum atomic E-state index is 0.252. The molecular formula is C15H18N4O. The maximum Gasteiger partial charge on any atom is 0.132 e. The molecule has 3 rings (SSSR count). The minimum Gasteiger partial charge on any atom is -0.508 e. The number of hydrogen-bond acceptors (Lipinski definition) is 5. The zero-order valence-electron chi connectivity index (χ0n) is 11.2. The van der Waals surface area contributed by atoms with Crippen molar-refractivity contribution < 1.29 is 5.11 Å². The Balaban J connectivity index is 1.99. The molecule has 104 valence electrons. The Hall–Kier alpha value is -2.14. The van der Waals surface area contributed by atoms with Crippen LogP contribution in [0, 0.1) is 0 Å². The molecule has 1 aliphatic carbocycles. The zero-order valence-corrected chi connectivity index (χ0v) is 11.2. The summed E-state index contributed by atoms with van der Waals surface area (Å²) in [5.41, 5.74) is 8.25. The van der Waals surface area contributed by atoms with Crippen molar-refractivity contribution in [3.05, 3.63) is 36.3 Å². The number of benzene rings is 1. The van der Waals surface area contributed by atoms with Crippen molar-refractivity contribution in [1.82, 2.24) is 9.97 Å². The lowest BCUT2D eigenvalue weighted by molar-refractivity contribution is 0.475. The Morgan fingerprint density at radius 3 is 2.65 bits per heavy atom. The number of aromatic nitrogens is 2. The SMILES string of the molecule is NCCNc1cnc(C2CC2)nc1-c1ccc(O)cc1. The lowest BCUT2D eigenvalue weighted by Crippen LogP contribution is -2.14. The van der Waals surface area contributed by atoms with Crippen LogP contribution in [0.2, 0.25) is 0 Å². The second kappa shape index (κ2) is 5.46. The molecule has 2 aromatic rings. The summed E-state index contributed by atoms with van der Waals surface area (Å²) < 4.78 is 0. The molecule has 4 N–H and O–H groups in total. The van der Waals surface area contributed by atoms with Gasteiger partial charge in [-0.15, -0.1) is 0 Å². The zero-order chi connectivity index (χ0) is 13.9. The first-order chi connectivity index (χ1) is 9.78. The number of phenols is 1. The van der Waals surface area contributed by atoms with E-state index in [1.807, 2.05) is 18.3 Å². The summed E-state index contributed by atoms with van der Waals surface area (Å²) in [4.78, 5) is 9.12. The van der Waals surface area contributed by atoms with Gasteiger partial charge in [-0.25, -0.2) is 9.97 Å². The number of nitrogens with zero attached hydrogens (tertiary/aromatic N) is 2. The van der Waals surface area contributed by atoms with Gasteiger partial charge in [0.05, 0.1) is 17.6 Å². The highest BCUT2D eigenvalue weighted by Crippen LogP contribution is 2.39. The van der Waals surface area contributed by atoms with Crippen LogP contribution in [-0.2, 0) is 0 Å². The maximum atomic E-state index is 9.40. The summed E-state index contributed by atoms with van der Waals surface area (Å²) in [6.45, 7) is 1.23. The Labute approximate surface area is 117 Å². The van der Waals surface area contributed by atoms with Gasteiger partial charge < -0.3 is 16.2 Å². The molecular weight excluding hydrogens is 252 g/mol. The molecule has 5 nitrogen and oxygen atoms in total. The van der Waals surface area contributed by atoms with Gasteiger partial charge in [0, 0.05) is 24.6 Å². The third-order valence-electron chi connectivity index (χ3n) is 3.35. The van der Waals surface area contributed by atoms with E-state index >= 15 is 0 Å². The molecule has 0 aliphatic heterocycles. The molecule has 5 heteroatoms. The van der Waals surface area contributed by atoms with E-state index in [9.17, 15) is 5.11 Å². The largest absolute Gasteiger partial charge is 0.508 e. The smallest absolute Gasteiger partial charge is 0.132 e. The third-order valence-corrected chi connectivity index (χ3v) is 3.35. The molecule has 0 unspecified atom stereocenters. The van der Waals surface area contributed by atoms with Gasteiger partial charge in [0.1, 0.15) is 11.6 Å². The van der Waals surface area contributed by atoms with Gasteiger partial charge in [0.25, 0.3) is 0 Å². The molecule has 1 saturated carbocycles. The first kappa shape index (κ1) is 12.9. The fourth-order valence-corrected chi connectivity index (χ4v) is 2.11. The Kier molecular flexibility index (Phi) is 3.52. The van der Waals surface area contributed by atoms with E-state index < -0.39 is 0 Å². The highest BCUT2D eigenvalue weighted by atomic mass is 16.3. The number of aromatic hydroxyl groups is 1. The van der Waals surface area contributed by atoms with Gasteiger partial charge in [-0.05, 0) is 37.1 Å². The van der Waals surface area contributed by atoms with Crippen molar-refractivity contribution in [2.45, 2.75) is 18.8 Å². The van der Waals surface area contributed by atoms with Crippen LogP contribution in [0.15, 0.2) is 30.5 Å². The quantitative estimate of drug-likeness (QED) is 0.775. The Morgan fingerprint density at radius 2 is 2.00 bits per heavy atom. The fourth-order valence-electron chi connectivity index (χ4n) is 2.11. The summed E-state index contributed by atoms with van der Waals surface area (Å²) >= 11 is 0. The van der Waals surface area contributed by atoms with E-state index in [-0.39, 0.29) is 5.75 Å². The van der Waals surface area contributed by atoms with Crippen LogP contribution in [0.25, 0.3) is 11.3 Å². The van der Waals surface area contributed by atoms with Crippen LogP contribution in [0.5, 0.6) is 5.75 Å². The van der Waals surface area contributed by atoms with E-state index in [2.05, 4.69) is 10.3 Å². The molecule has 0 amide bonds. The summed E-state index contributed by atoms with van der Waals surface area (Å²) in [6.07, 6.45) is 4.17. The molecule has 1 aromatic carbocycles. The van der Waals surface area contributed by atoms with Gasteiger partial charge in [0.2, 0.25) is 0 Å². The maximum absolute atomic E-state index is 9.40. The Morgan fingerprint density at radius 1 is 1.25 bits per heavy atom. The van der Waals surface area contributed by atoms with Crippen LogP contribution < -0.4 is 11.1 Å². The topological polar surface area (TPSA) is 84.1 Å². The van der Waals surface area contributed by atoms with Gasteiger partial charge >= 0.3 is 0 Å². The third kappa shape index (κ3) is 2.72. The van der Waals surface area contributed by atoms with E-state index in [1.165, 1.54) is 12.8 Å². The lowest BCUT2D eigenvalue weighted by atomic mass is 10.1. The summed E-state index contributed by atoms with van der Waals surface area (Å²) in [5.74, 6) is 1.67. The van der Waals surface area contributed by atoms with Crippen molar-refractivity contribution in [3.63, 3.8) is 0 Å². The van der Waals surface area contributed by atoms with Crippen molar-refractivity contribution in [1.29, 1.82) is 0 Å². The van der Waals surface area contributed by atoms with Gasteiger partial charge in [-0.1, -0.05) is 0 Å². The average Bonchev–Trinajstić information content (AvgIpc) is 3.30. The number of rotatable bonds is 5. The second-order valence-electron chi connectivity index (χ2n) is 5.03. The Bertz CT molecular complexity index is 593. The molecule has 1 fully saturated rings. The van der Waals surface area contributed by atoms with Crippen LogP contribution in [0.1, 0.15) is 24.6 Å². The molecule has 20 heavy (non-hydrogen) atoms. The van der Waals surface area contributed by atoms with Crippen LogP contribution in [0.3, 0.4) is 0 Å². The molecule has 0 spiro atoms.